The van der Waals surface area contributed by atoms with Crippen molar-refractivity contribution in [3.05, 3.63) is 12.2 Å². The molecule has 1 saturated heterocycles. The highest BCUT2D eigenvalue weighted by Crippen LogP contribution is 2.22. The summed E-state index contributed by atoms with van der Waals surface area (Å²) in [5.41, 5.74) is 0. The number of aliphatic hydroxyl groups excluding tert-OH is 4. The van der Waals surface area contributed by atoms with Gasteiger partial charge in [0.1, 0.15) is 31.0 Å². The van der Waals surface area contributed by atoms with Crippen molar-refractivity contribution in [1.29, 1.82) is 0 Å². The highest BCUT2D eigenvalue weighted by molar-refractivity contribution is 5.70. The van der Waals surface area contributed by atoms with Crippen LogP contribution in [0.2, 0.25) is 0 Å². The molecular weight excluding hydrogens is 592 g/mol. The van der Waals surface area contributed by atoms with Crippen LogP contribution in [0.15, 0.2) is 12.2 Å². The van der Waals surface area contributed by atoms with Crippen molar-refractivity contribution >= 4 is 11.9 Å². The van der Waals surface area contributed by atoms with Gasteiger partial charge >= 0.3 is 11.9 Å². The van der Waals surface area contributed by atoms with E-state index in [1.54, 1.807) is 0 Å². The van der Waals surface area contributed by atoms with Crippen LogP contribution >= 0.6 is 0 Å². The monoisotopic (exact) mass is 658 g/mol. The predicted molar refractivity (Wildman–Crippen MR) is 178 cm³/mol. The summed E-state index contributed by atoms with van der Waals surface area (Å²) in [7, 11) is 0. The van der Waals surface area contributed by atoms with E-state index in [1.807, 2.05) is 0 Å². The van der Waals surface area contributed by atoms with Crippen molar-refractivity contribution in [3.63, 3.8) is 0 Å². The van der Waals surface area contributed by atoms with Gasteiger partial charge in [-0.05, 0) is 38.5 Å². The summed E-state index contributed by atoms with van der Waals surface area (Å²) in [4.78, 5) is 25.0. The molecule has 0 amide bonds. The molecular formula is C36H66O10. The number of rotatable bonds is 29. The van der Waals surface area contributed by atoms with Crippen molar-refractivity contribution in [3.8, 4) is 0 Å². The van der Waals surface area contributed by atoms with Gasteiger partial charge in [-0.15, -0.1) is 0 Å². The zero-order chi connectivity index (χ0) is 33.8. The highest BCUT2D eigenvalue weighted by Gasteiger charge is 2.44. The van der Waals surface area contributed by atoms with Gasteiger partial charge in [0, 0.05) is 12.8 Å². The summed E-state index contributed by atoms with van der Waals surface area (Å²) < 4.78 is 21.9. The van der Waals surface area contributed by atoms with Gasteiger partial charge < -0.3 is 39.4 Å². The van der Waals surface area contributed by atoms with Gasteiger partial charge in [-0.3, -0.25) is 9.59 Å². The minimum Gasteiger partial charge on any atom is -0.462 e. The zero-order valence-electron chi connectivity index (χ0n) is 28.8. The molecule has 10 heteroatoms. The first-order chi connectivity index (χ1) is 22.3. The Morgan fingerprint density at radius 3 is 1.70 bits per heavy atom. The van der Waals surface area contributed by atoms with E-state index in [4.69, 9.17) is 18.9 Å². The second-order valence-electron chi connectivity index (χ2n) is 12.7. The normalized spacial score (nSPS) is 22.3. The van der Waals surface area contributed by atoms with Gasteiger partial charge in [-0.2, -0.15) is 0 Å². The molecule has 46 heavy (non-hydrogen) atoms. The minimum absolute atomic E-state index is 0.218. The standard InChI is InChI=1S/C36H66O10/c1-3-5-7-9-11-12-13-14-15-16-17-19-21-23-25-32(39)45-29(27-43-31(38)24-22-20-18-10-8-6-4-2)28-44-36-35(42)34(41)33(40)30(26-37)46-36/h13-14,29-30,33-37,40-42H,3-12,15-28H2,1-2H3/b14-13+/t29-,30+,33-,34?,35?,36+/m1/s1. The SMILES string of the molecule is CCCCCCC/C=C/CCCCCCCC(=O)O[C@H](COC(=O)CCCCCCCCC)CO[C@H]1O[C@@H](CO)[C@@H](O)C(O)C1O. The highest BCUT2D eigenvalue weighted by atomic mass is 16.7. The number of ether oxygens (including phenoxy) is 4. The van der Waals surface area contributed by atoms with Gasteiger partial charge in [0.25, 0.3) is 0 Å². The number of hydrogen-bond donors (Lipinski definition) is 4. The summed E-state index contributed by atoms with van der Waals surface area (Å²) in [5.74, 6) is -0.823. The summed E-state index contributed by atoms with van der Waals surface area (Å²) >= 11 is 0. The van der Waals surface area contributed by atoms with E-state index in [-0.39, 0.29) is 32.0 Å². The molecule has 0 aromatic carbocycles. The van der Waals surface area contributed by atoms with Crippen molar-refractivity contribution < 1.29 is 49.0 Å². The summed E-state index contributed by atoms with van der Waals surface area (Å²) in [6.45, 7) is 3.33. The molecule has 6 atom stereocenters. The van der Waals surface area contributed by atoms with E-state index < -0.39 is 49.4 Å². The van der Waals surface area contributed by atoms with Gasteiger partial charge in [0.05, 0.1) is 13.2 Å². The first kappa shape index (κ1) is 42.5. The fourth-order valence-electron chi connectivity index (χ4n) is 5.42. The Morgan fingerprint density at radius 1 is 0.652 bits per heavy atom. The maximum absolute atomic E-state index is 12.6. The van der Waals surface area contributed by atoms with Crippen LogP contribution in [0.4, 0.5) is 0 Å². The molecule has 1 fully saturated rings. The van der Waals surface area contributed by atoms with Crippen LogP contribution in [0.3, 0.4) is 0 Å². The molecule has 4 N–H and O–H groups in total. The van der Waals surface area contributed by atoms with Crippen molar-refractivity contribution in [2.45, 2.75) is 185 Å². The zero-order valence-corrected chi connectivity index (χ0v) is 28.8. The molecule has 1 heterocycles. The number of hydrogen-bond acceptors (Lipinski definition) is 10. The molecule has 0 aromatic rings. The summed E-state index contributed by atoms with van der Waals surface area (Å²) in [5, 5.41) is 39.8. The first-order valence-corrected chi connectivity index (χ1v) is 18.3. The Kier molecular flexibility index (Phi) is 26.3. The molecule has 1 aliphatic heterocycles. The van der Waals surface area contributed by atoms with E-state index in [1.165, 1.54) is 57.8 Å². The largest absolute Gasteiger partial charge is 0.462 e. The van der Waals surface area contributed by atoms with Gasteiger partial charge in [0.15, 0.2) is 12.4 Å². The lowest BCUT2D eigenvalue weighted by molar-refractivity contribution is -0.305. The van der Waals surface area contributed by atoms with Crippen LogP contribution in [0.25, 0.3) is 0 Å². The molecule has 0 saturated carbocycles. The van der Waals surface area contributed by atoms with Crippen molar-refractivity contribution in [2.75, 3.05) is 19.8 Å². The van der Waals surface area contributed by atoms with E-state index in [0.717, 1.165) is 57.8 Å². The quantitative estimate of drug-likeness (QED) is 0.0425. The topological polar surface area (TPSA) is 152 Å². The van der Waals surface area contributed by atoms with Crippen LogP contribution in [0, 0.1) is 0 Å². The lowest BCUT2D eigenvalue weighted by Gasteiger charge is -2.39. The third kappa shape index (κ3) is 20.6. The molecule has 0 spiro atoms. The number of carbonyl (C=O) groups excluding carboxylic acids is 2. The van der Waals surface area contributed by atoms with Crippen LogP contribution in [-0.2, 0) is 28.5 Å². The van der Waals surface area contributed by atoms with Crippen molar-refractivity contribution in [1.82, 2.24) is 0 Å². The number of carbonyl (C=O) groups is 2. The number of aliphatic hydroxyl groups is 4. The van der Waals surface area contributed by atoms with E-state index in [0.29, 0.717) is 6.42 Å². The van der Waals surface area contributed by atoms with Crippen LogP contribution in [0.5, 0.6) is 0 Å². The van der Waals surface area contributed by atoms with Crippen LogP contribution in [0.1, 0.15) is 149 Å². The summed E-state index contributed by atoms with van der Waals surface area (Å²) in [6.07, 6.45) is 18.2. The number of esters is 2. The van der Waals surface area contributed by atoms with Gasteiger partial charge in [0.2, 0.25) is 0 Å². The van der Waals surface area contributed by atoms with Crippen LogP contribution in [-0.4, -0.2) is 89.0 Å². The Balaban J connectivity index is 2.41. The Labute approximate surface area is 278 Å². The average Bonchev–Trinajstić information content (AvgIpc) is 3.05. The second kappa shape index (κ2) is 28.5. The fourth-order valence-corrected chi connectivity index (χ4v) is 5.42. The maximum Gasteiger partial charge on any atom is 0.306 e. The fraction of sp³-hybridized carbons (Fsp3) is 0.889. The molecule has 10 nitrogen and oxygen atoms in total. The molecule has 270 valence electrons. The van der Waals surface area contributed by atoms with Gasteiger partial charge in [-0.25, -0.2) is 0 Å². The smallest absolute Gasteiger partial charge is 0.306 e. The molecule has 1 rings (SSSR count). The number of allylic oxidation sites excluding steroid dienone is 2. The Bertz CT molecular complexity index is 774. The molecule has 1 aliphatic rings. The van der Waals surface area contributed by atoms with E-state index in [2.05, 4.69) is 26.0 Å². The maximum atomic E-state index is 12.6. The third-order valence-electron chi connectivity index (χ3n) is 8.40. The van der Waals surface area contributed by atoms with E-state index >= 15 is 0 Å². The Morgan fingerprint density at radius 2 is 1.15 bits per heavy atom. The molecule has 2 unspecified atom stereocenters. The third-order valence-corrected chi connectivity index (χ3v) is 8.40. The lowest BCUT2D eigenvalue weighted by Crippen LogP contribution is -2.59. The summed E-state index contributed by atoms with van der Waals surface area (Å²) in [6, 6.07) is 0. The predicted octanol–water partition coefficient (Wildman–Crippen LogP) is 6.05. The molecule has 0 aliphatic carbocycles. The molecule has 0 radical (unpaired) electrons. The van der Waals surface area contributed by atoms with Gasteiger partial charge in [-0.1, -0.05) is 109 Å². The number of unbranched alkanes of at least 4 members (excludes halogenated alkanes) is 16. The van der Waals surface area contributed by atoms with Crippen molar-refractivity contribution in [2.24, 2.45) is 0 Å². The average molecular weight is 659 g/mol. The molecule has 0 bridgehead atoms. The molecule has 0 aromatic heterocycles. The first-order valence-electron chi connectivity index (χ1n) is 18.3. The minimum atomic E-state index is -1.59. The second-order valence-corrected chi connectivity index (χ2v) is 12.7. The van der Waals surface area contributed by atoms with Crippen LogP contribution < -0.4 is 0 Å². The lowest BCUT2D eigenvalue weighted by atomic mass is 9.99. The van der Waals surface area contributed by atoms with E-state index in [9.17, 15) is 30.0 Å². The Hall–Kier alpha value is -1.56.